The van der Waals surface area contributed by atoms with Gasteiger partial charge in [-0.1, -0.05) is 59.4 Å². The lowest BCUT2D eigenvalue weighted by Crippen LogP contribution is -2.43. The first kappa shape index (κ1) is 20.4. The molecule has 0 aliphatic rings. The number of methoxy groups -OCH3 is 1. The summed E-state index contributed by atoms with van der Waals surface area (Å²) < 4.78 is 7.11. The van der Waals surface area contributed by atoms with Crippen LogP contribution in [0.15, 0.2) is 49.8 Å². The highest BCUT2D eigenvalue weighted by Crippen LogP contribution is 2.23. The van der Waals surface area contributed by atoms with Crippen LogP contribution in [-0.4, -0.2) is 25.0 Å². The summed E-state index contributed by atoms with van der Waals surface area (Å²) in [5, 5.41) is 3.26. The van der Waals surface area contributed by atoms with E-state index in [9.17, 15) is 9.59 Å². The van der Waals surface area contributed by atoms with Crippen LogP contribution in [0.2, 0.25) is 5.02 Å². The third kappa shape index (κ3) is 5.81. The molecule has 0 saturated heterocycles. The van der Waals surface area contributed by atoms with Crippen molar-refractivity contribution < 1.29 is 14.3 Å². The molecule has 1 amide bonds. The van der Waals surface area contributed by atoms with Crippen LogP contribution < -0.4 is 5.32 Å². The van der Waals surface area contributed by atoms with Crippen LogP contribution in [-0.2, 0) is 16.0 Å². The van der Waals surface area contributed by atoms with Crippen LogP contribution in [0.25, 0.3) is 0 Å². The number of carbonyl (C=O) groups is 2. The van der Waals surface area contributed by atoms with Gasteiger partial charge in [0.1, 0.15) is 6.04 Å². The second-order valence-electron chi connectivity index (χ2n) is 5.15. The van der Waals surface area contributed by atoms with E-state index in [1.165, 1.54) is 7.11 Å². The summed E-state index contributed by atoms with van der Waals surface area (Å²) in [4.78, 5) is 24.6. The molecule has 1 atom stereocenters. The Kier molecular flexibility index (Phi) is 7.49. The number of carbonyl (C=O) groups excluding carboxylic acids is 2. The molecule has 2 aromatic rings. The van der Waals surface area contributed by atoms with E-state index in [1.807, 2.05) is 6.07 Å². The van der Waals surface area contributed by atoms with E-state index in [0.717, 1.165) is 19.0 Å². The Balaban J connectivity index is 2.24. The van der Waals surface area contributed by atoms with Crippen LogP contribution in [0.5, 0.6) is 0 Å². The second kappa shape index (κ2) is 9.16. The smallest absolute Gasteiger partial charge is 0.328 e. The zero-order valence-corrected chi connectivity index (χ0v) is 18.5. The number of nitrogens with one attached hydrogen (secondary N) is 1. The van der Waals surface area contributed by atoms with Gasteiger partial charge in [0.2, 0.25) is 0 Å². The van der Waals surface area contributed by atoms with Crippen molar-refractivity contribution >= 4 is 71.3 Å². The molecule has 0 unspecified atom stereocenters. The molecule has 0 aliphatic carbocycles. The molecule has 8 heteroatoms. The fraction of sp³-hybridized carbons (Fsp3) is 0.176. The highest BCUT2D eigenvalue weighted by atomic mass is 79.9. The van der Waals surface area contributed by atoms with Gasteiger partial charge in [-0.25, -0.2) is 4.79 Å². The number of ether oxygens (including phenoxy) is 1. The van der Waals surface area contributed by atoms with E-state index < -0.39 is 12.0 Å². The maximum absolute atomic E-state index is 12.5. The summed E-state index contributed by atoms with van der Waals surface area (Å²) in [6.45, 7) is 0. The SMILES string of the molecule is COC(=O)[C@@H](Cc1cc(Cl)ccc1Br)NC(=O)c1cc(Br)cc(Br)c1. The van der Waals surface area contributed by atoms with E-state index in [0.29, 0.717) is 10.6 Å². The van der Waals surface area contributed by atoms with Gasteiger partial charge in [-0.15, -0.1) is 0 Å². The Morgan fingerprint density at radius 3 is 2.36 bits per heavy atom. The van der Waals surface area contributed by atoms with Crippen LogP contribution in [0.4, 0.5) is 0 Å². The van der Waals surface area contributed by atoms with Gasteiger partial charge in [-0.3, -0.25) is 4.79 Å². The Morgan fingerprint density at radius 1 is 1.12 bits per heavy atom. The van der Waals surface area contributed by atoms with Gasteiger partial charge < -0.3 is 10.1 Å². The molecular formula is C17H13Br3ClNO3. The highest BCUT2D eigenvalue weighted by molar-refractivity contribution is 9.11. The maximum Gasteiger partial charge on any atom is 0.328 e. The average molecular weight is 554 g/mol. The lowest BCUT2D eigenvalue weighted by atomic mass is 10.1. The average Bonchev–Trinajstić information content (AvgIpc) is 2.55. The topological polar surface area (TPSA) is 55.4 Å². The van der Waals surface area contributed by atoms with Crippen molar-refractivity contribution in [2.24, 2.45) is 0 Å². The molecule has 0 fully saturated rings. The van der Waals surface area contributed by atoms with E-state index in [2.05, 4.69) is 53.1 Å². The molecular weight excluding hydrogens is 541 g/mol. The van der Waals surface area contributed by atoms with Crippen molar-refractivity contribution in [2.45, 2.75) is 12.5 Å². The molecule has 0 heterocycles. The Labute approximate surface area is 175 Å². The first-order valence-electron chi connectivity index (χ1n) is 7.09. The number of amides is 1. The predicted octanol–water partition coefficient (Wildman–Crippen LogP) is 5.14. The zero-order valence-electron chi connectivity index (χ0n) is 13.0. The minimum atomic E-state index is -0.843. The number of hydrogen-bond donors (Lipinski definition) is 1. The molecule has 25 heavy (non-hydrogen) atoms. The summed E-state index contributed by atoms with van der Waals surface area (Å²) in [7, 11) is 1.28. The van der Waals surface area contributed by atoms with Crippen molar-refractivity contribution in [3.8, 4) is 0 Å². The van der Waals surface area contributed by atoms with Gasteiger partial charge >= 0.3 is 5.97 Å². The molecule has 1 N–H and O–H groups in total. The molecule has 4 nitrogen and oxygen atoms in total. The lowest BCUT2D eigenvalue weighted by Gasteiger charge is -2.18. The van der Waals surface area contributed by atoms with Gasteiger partial charge in [0.05, 0.1) is 7.11 Å². The Bertz CT molecular complexity index is 793. The molecule has 2 rings (SSSR count). The largest absolute Gasteiger partial charge is 0.467 e. The zero-order chi connectivity index (χ0) is 18.6. The molecule has 0 bridgehead atoms. The third-order valence-electron chi connectivity index (χ3n) is 3.35. The summed E-state index contributed by atoms with van der Waals surface area (Å²) in [6, 6.07) is 9.58. The van der Waals surface area contributed by atoms with E-state index in [4.69, 9.17) is 16.3 Å². The van der Waals surface area contributed by atoms with Crippen molar-refractivity contribution in [2.75, 3.05) is 7.11 Å². The normalized spacial score (nSPS) is 11.7. The fourth-order valence-electron chi connectivity index (χ4n) is 2.18. The molecule has 0 spiro atoms. The van der Waals surface area contributed by atoms with Crippen molar-refractivity contribution in [1.82, 2.24) is 5.32 Å². The number of halogens is 4. The van der Waals surface area contributed by atoms with Gasteiger partial charge in [0.25, 0.3) is 5.91 Å². The minimum Gasteiger partial charge on any atom is -0.467 e. The van der Waals surface area contributed by atoms with Crippen LogP contribution >= 0.6 is 59.4 Å². The van der Waals surface area contributed by atoms with Crippen molar-refractivity contribution in [1.29, 1.82) is 0 Å². The van der Waals surface area contributed by atoms with Gasteiger partial charge in [-0.2, -0.15) is 0 Å². The summed E-state index contributed by atoms with van der Waals surface area (Å²) in [5.74, 6) is -0.912. The molecule has 2 aromatic carbocycles. The number of hydrogen-bond acceptors (Lipinski definition) is 3. The Hall–Kier alpha value is -0.890. The van der Waals surface area contributed by atoms with Crippen LogP contribution in [0, 0.1) is 0 Å². The molecule has 0 radical (unpaired) electrons. The highest BCUT2D eigenvalue weighted by Gasteiger charge is 2.24. The minimum absolute atomic E-state index is 0.245. The summed E-state index contributed by atoms with van der Waals surface area (Å²) >= 11 is 16.1. The second-order valence-corrected chi connectivity index (χ2v) is 8.27. The standard InChI is InChI=1S/C17H13Br3ClNO3/c1-25-17(24)15(7-9-6-13(21)2-3-14(9)20)22-16(23)10-4-11(18)8-12(19)5-10/h2-6,8,15H,7H2,1H3,(H,22,23)/t15-/m1/s1. The third-order valence-corrected chi connectivity index (χ3v) is 5.27. The van der Waals surface area contributed by atoms with E-state index in [-0.39, 0.29) is 12.3 Å². The first-order valence-corrected chi connectivity index (χ1v) is 9.84. The molecule has 0 aromatic heterocycles. The van der Waals surface area contributed by atoms with E-state index in [1.54, 1.807) is 30.3 Å². The van der Waals surface area contributed by atoms with Gasteiger partial charge in [-0.05, 0) is 42.0 Å². The summed E-state index contributed by atoms with van der Waals surface area (Å²) in [5.41, 5.74) is 1.21. The number of benzene rings is 2. The van der Waals surface area contributed by atoms with Gasteiger partial charge in [0.15, 0.2) is 0 Å². The molecule has 0 saturated carbocycles. The van der Waals surface area contributed by atoms with Crippen LogP contribution in [0.1, 0.15) is 15.9 Å². The quantitative estimate of drug-likeness (QED) is 0.521. The lowest BCUT2D eigenvalue weighted by molar-refractivity contribution is -0.142. The van der Waals surface area contributed by atoms with Gasteiger partial charge in [0, 0.05) is 30.4 Å². The Morgan fingerprint density at radius 2 is 1.76 bits per heavy atom. The maximum atomic E-state index is 12.5. The molecule has 0 aliphatic heterocycles. The van der Waals surface area contributed by atoms with Crippen molar-refractivity contribution in [3.05, 3.63) is 66.0 Å². The predicted molar refractivity (Wildman–Crippen MR) is 108 cm³/mol. The monoisotopic (exact) mass is 551 g/mol. The number of esters is 1. The number of rotatable bonds is 5. The fourth-order valence-corrected chi connectivity index (χ4v) is 4.08. The van der Waals surface area contributed by atoms with Crippen molar-refractivity contribution in [3.63, 3.8) is 0 Å². The first-order chi connectivity index (χ1) is 11.8. The van der Waals surface area contributed by atoms with Crippen LogP contribution in [0.3, 0.4) is 0 Å². The molecule has 132 valence electrons. The summed E-state index contributed by atoms with van der Waals surface area (Å²) in [6.07, 6.45) is 0.245. The van der Waals surface area contributed by atoms with E-state index >= 15 is 0 Å².